The molecule has 0 fully saturated rings. The minimum Gasteiger partial charge on any atom is -0.496 e. The summed E-state index contributed by atoms with van der Waals surface area (Å²) in [6.45, 7) is 0.0466. The molecule has 8 heteroatoms. The summed E-state index contributed by atoms with van der Waals surface area (Å²) < 4.78 is 10.2. The standard InChI is InChI=1S/C12H16N2O6/c1-13-9(12(15)16)5-6-20-11-4-3-8(19-2)7-10(11)14(17)18/h3-4,7,9,13H,5-6H2,1-2H3,(H,15,16). The van der Waals surface area contributed by atoms with Crippen LogP contribution in [0.25, 0.3) is 0 Å². The fourth-order valence-electron chi connectivity index (χ4n) is 1.57. The molecule has 0 aromatic heterocycles. The van der Waals surface area contributed by atoms with E-state index >= 15 is 0 Å². The van der Waals surface area contributed by atoms with Gasteiger partial charge in [-0.05, 0) is 19.2 Å². The fourth-order valence-corrected chi connectivity index (χ4v) is 1.57. The fraction of sp³-hybridized carbons (Fsp3) is 0.417. The molecule has 0 aliphatic heterocycles. The molecular formula is C12H16N2O6. The molecule has 1 aromatic rings. The number of hydrogen-bond donors (Lipinski definition) is 2. The van der Waals surface area contributed by atoms with Gasteiger partial charge in [0.1, 0.15) is 11.8 Å². The van der Waals surface area contributed by atoms with Crippen molar-refractivity contribution in [3.05, 3.63) is 28.3 Å². The first-order valence-corrected chi connectivity index (χ1v) is 5.85. The second-order valence-corrected chi connectivity index (χ2v) is 3.91. The normalized spacial score (nSPS) is 11.7. The van der Waals surface area contributed by atoms with Crippen LogP contribution in [-0.2, 0) is 4.79 Å². The third-order valence-corrected chi connectivity index (χ3v) is 2.67. The number of nitro groups is 1. The molecular weight excluding hydrogens is 268 g/mol. The summed E-state index contributed by atoms with van der Waals surface area (Å²) in [5, 5.41) is 22.4. The second-order valence-electron chi connectivity index (χ2n) is 3.91. The maximum Gasteiger partial charge on any atom is 0.320 e. The van der Waals surface area contributed by atoms with Crippen molar-refractivity contribution in [3.63, 3.8) is 0 Å². The van der Waals surface area contributed by atoms with Gasteiger partial charge in [-0.15, -0.1) is 0 Å². The van der Waals surface area contributed by atoms with Crippen LogP contribution in [0.4, 0.5) is 5.69 Å². The highest BCUT2D eigenvalue weighted by Crippen LogP contribution is 2.31. The van der Waals surface area contributed by atoms with Gasteiger partial charge in [-0.2, -0.15) is 0 Å². The average Bonchev–Trinajstić information content (AvgIpc) is 2.43. The summed E-state index contributed by atoms with van der Waals surface area (Å²) in [5.41, 5.74) is -0.222. The molecule has 1 aromatic carbocycles. The molecule has 0 bridgehead atoms. The van der Waals surface area contributed by atoms with Crippen LogP contribution < -0.4 is 14.8 Å². The molecule has 0 saturated carbocycles. The SMILES string of the molecule is CNC(CCOc1ccc(OC)cc1[N+](=O)[O-])C(=O)O. The van der Waals surface area contributed by atoms with E-state index in [1.807, 2.05) is 0 Å². The number of methoxy groups -OCH3 is 1. The first-order valence-electron chi connectivity index (χ1n) is 5.85. The van der Waals surface area contributed by atoms with E-state index in [1.165, 1.54) is 32.4 Å². The van der Waals surface area contributed by atoms with Crippen molar-refractivity contribution in [1.82, 2.24) is 5.32 Å². The minimum atomic E-state index is -1.000. The van der Waals surface area contributed by atoms with Gasteiger partial charge in [0.15, 0.2) is 5.75 Å². The number of nitrogens with one attached hydrogen (secondary N) is 1. The Morgan fingerprint density at radius 1 is 1.55 bits per heavy atom. The number of benzene rings is 1. The van der Waals surface area contributed by atoms with Crippen molar-refractivity contribution in [1.29, 1.82) is 0 Å². The Hall–Kier alpha value is -2.35. The zero-order chi connectivity index (χ0) is 15.1. The Morgan fingerprint density at radius 3 is 2.75 bits per heavy atom. The largest absolute Gasteiger partial charge is 0.496 e. The van der Waals surface area contributed by atoms with Gasteiger partial charge in [-0.25, -0.2) is 0 Å². The van der Waals surface area contributed by atoms with E-state index in [4.69, 9.17) is 14.6 Å². The van der Waals surface area contributed by atoms with E-state index in [2.05, 4.69) is 5.32 Å². The third-order valence-electron chi connectivity index (χ3n) is 2.67. The molecule has 0 radical (unpaired) electrons. The third kappa shape index (κ3) is 4.09. The van der Waals surface area contributed by atoms with Gasteiger partial charge in [-0.3, -0.25) is 14.9 Å². The first-order chi connectivity index (χ1) is 9.49. The lowest BCUT2D eigenvalue weighted by Gasteiger charge is -2.12. The molecule has 8 nitrogen and oxygen atoms in total. The summed E-state index contributed by atoms with van der Waals surface area (Å²) in [7, 11) is 2.93. The highest BCUT2D eigenvalue weighted by Gasteiger charge is 2.18. The maximum atomic E-state index is 10.9. The highest BCUT2D eigenvalue weighted by molar-refractivity contribution is 5.73. The monoisotopic (exact) mass is 284 g/mol. The van der Waals surface area contributed by atoms with Crippen LogP contribution in [0.2, 0.25) is 0 Å². The molecule has 2 N–H and O–H groups in total. The summed E-state index contributed by atoms with van der Waals surface area (Å²) in [4.78, 5) is 21.1. The number of rotatable bonds is 8. The molecule has 0 aliphatic rings. The molecule has 20 heavy (non-hydrogen) atoms. The topological polar surface area (TPSA) is 111 Å². The predicted molar refractivity (Wildman–Crippen MR) is 70.2 cm³/mol. The zero-order valence-electron chi connectivity index (χ0n) is 11.2. The lowest BCUT2D eigenvalue weighted by molar-refractivity contribution is -0.385. The Kier molecular flexibility index (Phi) is 5.73. The van der Waals surface area contributed by atoms with Crippen molar-refractivity contribution < 1.29 is 24.3 Å². The maximum absolute atomic E-state index is 10.9. The van der Waals surface area contributed by atoms with E-state index in [-0.39, 0.29) is 24.5 Å². The van der Waals surface area contributed by atoms with Crippen molar-refractivity contribution in [2.24, 2.45) is 0 Å². The second kappa shape index (κ2) is 7.29. The van der Waals surface area contributed by atoms with Crippen LogP contribution in [0.15, 0.2) is 18.2 Å². The molecule has 0 heterocycles. The molecule has 0 spiro atoms. The number of nitro benzene ring substituents is 1. The number of likely N-dealkylation sites (N-methyl/N-ethyl adjacent to an activating group) is 1. The van der Waals surface area contributed by atoms with E-state index in [0.717, 1.165) is 0 Å². The van der Waals surface area contributed by atoms with E-state index in [0.29, 0.717) is 5.75 Å². The molecule has 1 unspecified atom stereocenters. The van der Waals surface area contributed by atoms with Crippen molar-refractivity contribution >= 4 is 11.7 Å². The molecule has 0 saturated heterocycles. The van der Waals surface area contributed by atoms with Gasteiger partial charge in [0.2, 0.25) is 0 Å². The molecule has 1 atom stereocenters. The van der Waals surface area contributed by atoms with Gasteiger partial charge in [0, 0.05) is 6.42 Å². The number of aliphatic carboxylic acids is 1. The number of carboxylic acids is 1. The van der Waals surface area contributed by atoms with Crippen molar-refractivity contribution in [3.8, 4) is 11.5 Å². The van der Waals surface area contributed by atoms with Gasteiger partial charge in [0.25, 0.3) is 0 Å². The Labute approximate surface area is 115 Å². The Balaban J connectivity index is 2.72. The van der Waals surface area contributed by atoms with Crippen molar-refractivity contribution in [2.75, 3.05) is 20.8 Å². The molecule has 110 valence electrons. The Morgan fingerprint density at radius 2 is 2.25 bits per heavy atom. The van der Waals surface area contributed by atoms with E-state index in [9.17, 15) is 14.9 Å². The van der Waals surface area contributed by atoms with Crippen LogP contribution in [0.5, 0.6) is 11.5 Å². The number of ether oxygens (including phenoxy) is 2. The van der Waals surface area contributed by atoms with Crippen LogP contribution in [-0.4, -0.2) is 42.8 Å². The van der Waals surface area contributed by atoms with Gasteiger partial charge in [-0.1, -0.05) is 0 Å². The summed E-state index contributed by atoms with van der Waals surface area (Å²) >= 11 is 0. The number of nitrogens with zero attached hydrogens (tertiary/aromatic N) is 1. The van der Waals surface area contributed by atoms with Crippen LogP contribution in [0, 0.1) is 10.1 Å². The van der Waals surface area contributed by atoms with Gasteiger partial charge in [0.05, 0.1) is 24.7 Å². The lowest BCUT2D eigenvalue weighted by atomic mass is 10.2. The molecule has 0 aliphatic carbocycles. The van der Waals surface area contributed by atoms with E-state index in [1.54, 1.807) is 0 Å². The Bertz CT molecular complexity index is 491. The zero-order valence-corrected chi connectivity index (χ0v) is 11.2. The predicted octanol–water partition coefficient (Wildman–Crippen LogP) is 1.04. The summed E-state index contributed by atoms with van der Waals surface area (Å²) in [6, 6.07) is 3.45. The number of carbonyl (C=O) groups is 1. The van der Waals surface area contributed by atoms with Crippen LogP contribution >= 0.6 is 0 Å². The number of hydrogen-bond acceptors (Lipinski definition) is 6. The average molecular weight is 284 g/mol. The smallest absolute Gasteiger partial charge is 0.320 e. The van der Waals surface area contributed by atoms with Gasteiger partial charge < -0.3 is 19.9 Å². The summed E-state index contributed by atoms with van der Waals surface area (Å²) in [5.74, 6) is -0.570. The molecule has 0 amide bonds. The molecule has 1 rings (SSSR count). The summed E-state index contributed by atoms with van der Waals surface area (Å²) in [6.07, 6.45) is 0.190. The van der Waals surface area contributed by atoms with Crippen molar-refractivity contribution in [2.45, 2.75) is 12.5 Å². The van der Waals surface area contributed by atoms with Crippen LogP contribution in [0.1, 0.15) is 6.42 Å². The lowest BCUT2D eigenvalue weighted by Crippen LogP contribution is -2.35. The minimum absolute atomic E-state index is 0.0466. The number of carboxylic acid groups (broad SMARTS) is 1. The van der Waals surface area contributed by atoms with Crippen LogP contribution in [0.3, 0.4) is 0 Å². The van der Waals surface area contributed by atoms with E-state index < -0.39 is 16.9 Å². The quantitative estimate of drug-likeness (QED) is 0.542. The first kappa shape index (κ1) is 15.7. The van der Waals surface area contributed by atoms with Gasteiger partial charge >= 0.3 is 11.7 Å². The highest BCUT2D eigenvalue weighted by atomic mass is 16.6.